The van der Waals surface area contributed by atoms with Gasteiger partial charge in [0, 0.05) is 10.1 Å². The predicted molar refractivity (Wildman–Crippen MR) is 77.0 cm³/mol. The van der Waals surface area contributed by atoms with Crippen LogP contribution in [-0.2, 0) is 9.53 Å². The van der Waals surface area contributed by atoms with Crippen LogP contribution in [0.1, 0.15) is 17.3 Å². The number of aliphatic carboxylic acids is 1. The van der Waals surface area contributed by atoms with Crippen LogP contribution in [0.4, 0.5) is 4.39 Å². The highest BCUT2D eigenvalue weighted by atomic mass is 127. The Morgan fingerprint density at radius 1 is 1.45 bits per heavy atom. The van der Waals surface area contributed by atoms with E-state index in [9.17, 15) is 14.0 Å². The molecule has 1 unspecified atom stereocenters. The lowest BCUT2D eigenvalue weighted by Gasteiger charge is -2.35. The van der Waals surface area contributed by atoms with E-state index >= 15 is 0 Å². The number of rotatable bonds is 2. The minimum atomic E-state index is -1.13. The quantitative estimate of drug-likeness (QED) is 0.778. The maximum absolute atomic E-state index is 13.8. The number of nitrogens with zero attached hydrogens (tertiary/aromatic N) is 1. The van der Waals surface area contributed by atoms with Gasteiger partial charge in [0.1, 0.15) is 5.82 Å². The SMILES string of the molecule is C[C@@H]1CN(C(=O)c2c(F)cccc2I)CC(C(=O)O)O1. The van der Waals surface area contributed by atoms with Gasteiger partial charge in [0.05, 0.1) is 18.2 Å². The fourth-order valence-electron chi connectivity index (χ4n) is 2.11. The van der Waals surface area contributed by atoms with Crippen molar-refractivity contribution in [2.24, 2.45) is 0 Å². The van der Waals surface area contributed by atoms with Crippen LogP contribution in [0.25, 0.3) is 0 Å². The monoisotopic (exact) mass is 393 g/mol. The summed E-state index contributed by atoms with van der Waals surface area (Å²) in [7, 11) is 0. The lowest BCUT2D eigenvalue weighted by Crippen LogP contribution is -2.52. The molecule has 1 amide bonds. The van der Waals surface area contributed by atoms with Crippen molar-refractivity contribution in [1.82, 2.24) is 4.90 Å². The van der Waals surface area contributed by atoms with Crippen LogP contribution in [0.2, 0.25) is 0 Å². The summed E-state index contributed by atoms with van der Waals surface area (Å²) in [5.41, 5.74) is -0.0219. The van der Waals surface area contributed by atoms with Crippen LogP contribution in [-0.4, -0.2) is 47.2 Å². The molecule has 20 heavy (non-hydrogen) atoms. The highest BCUT2D eigenvalue weighted by Crippen LogP contribution is 2.21. The molecule has 1 aromatic carbocycles. The fourth-order valence-corrected chi connectivity index (χ4v) is 2.81. The minimum Gasteiger partial charge on any atom is -0.479 e. The first kappa shape index (κ1) is 15.2. The summed E-state index contributed by atoms with van der Waals surface area (Å²) in [5.74, 6) is -2.24. The smallest absolute Gasteiger partial charge is 0.334 e. The molecule has 1 saturated heterocycles. The molecule has 7 heteroatoms. The number of carbonyl (C=O) groups is 2. The minimum absolute atomic E-state index is 0.0219. The number of hydrogen-bond acceptors (Lipinski definition) is 3. The van der Waals surface area contributed by atoms with Crippen LogP contribution in [0.5, 0.6) is 0 Å². The molecule has 0 saturated carbocycles. The zero-order valence-corrected chi connectivity index (χ0v) is 12.8. The van der Waals surface area contributed by atoms with Gasteiger partial charge in [0.15, 0.2) is 6.10 Å². The third-order valence-electron chi connectivity index (χ3n) is 3.00. The van der Waals surface area contributed by atoms with Crippen molar-refractivity contribution >= 4 is 34.5 Å². The van der Waals surface area contributed by atoms with Gasteiger partial charge in [-0.05, 0) is 41.6 Å². The number of amides is 1. The molecule has 1 aromatic rings. The third-order valence-corrected chi connectivity index (χ3v) is 3.90. The molecule has 0 spiro atoms. The van der Waals surface area contributed by atoms with Crippen molar-refractivity contribution in [3.05, 3.63) is 33.1 Å². The molecular weight excluding hydrogens is 380 g/mol. The second-order valence-corrected chi connectivity index (χ2v) is 5.74. The number of ether oxygens (including phenoxy) is 1. The van der Waals surface area contributed by atoms with Crippen molar-refractivity contribution in [2.75, 3.05) is 13.1 Å². The van der Waals surface area contributed by atoms with Gasteiger partial charge in [-0.25, -0.2) is 9.18 Å². The highest BCUT2D eigenvalue weighted by Gasteiger charge is 2.34. The Labute approximate surface area is 128 Å². The molecule has 2 atom stereocenters. The van der Waals surface area contributed by atoms with Gasteiger partial charge in [-0.15, -0.1) is 0 Å². The average Bonchev–Trinajstić information content (AvgIpc) is 2.37. The first-order valence-corrected chi connectivity index (χ1v) is 7.09. The zero-order valence-electron chi connectivity index (χ0n) is 10.7. The molecule has 1 aliphatic rings. The molecule has 5 nitrogen and oxygen atoms in total. The standard InChI is InChI=1S/C13H13FINO4/c1-7-5-16(6-10(20-7)13(18)19)12(17)11-8(14)3-2-4-9(11)15/h2-4,7,10H,5-6H2,1H3,(H,18,19)/t7-,10?/m1/s1. The van der Waals surface area contributed by atoms with Gasteiger partial charge in [0.25, 0.3) is 5.91 Å². The van der Waals surface area contributed by atoms with Crippen molar-refractivity contribution in [1.29, 1.82) is 0 Å². The Morgan fingerprint density at radius 3 is 2.75 bits per heavy atom. The van der Waals surface area contributed by atoms with Gasteiger partial charge in [-0.1, -0.05) is 6.07 Å². The molecule has 1 N–H and O–H groups in total. The summed E-state index contributed by atoms with van der Waals surface area (Å²) in [6.07, 6.45) is -1.48. The lowest BCUT2D eigenvalue weighted by atomic mass is 10.1. The normalized spacial score (nSPS) is 22.6. The molecule has 108 valence electrons. The largest absolute Gasteiger partial charge is 0.479 e. The van der Waals surface area contributed by atoms with Crippen molar-refractivity contribution in [2.45, 2.75) is 19.1 Å². The lowest BCUT2D eigenvalue weighted by molar-refractivity contribution is -0.160. The molecule has 1 aliphatic heterocycles. The summed E-state index contributed by atoms with van der Waals surface area (Å²) < 4.78 is 19.5. The fraction of sp³-hybridized carbons (Fsp3) is 0.385. The maximum Gasteiger partial charge on any atom is 0.334 e. The van der Waals surface area contributed by atoms with Crippen molar-refractivity contribution < 1.29 is 23.8 Å². The summed E-state index contributed by atoms with van der Waals surface area (Å²) in [6, 6.07) is 4.37. The van der Waals surface area contributed by atoms with E-state index in [-0.39, 0.29) is 18.7 Å². The van der Waals surface area contributed by atoms with Crippen LogP contribution >= 0.6 is 22.6 Å². The number of carboxylic acid groups (broad SMARTS) is 1. The van der Waals surface area contributed by atoms with Gasteiger partial charge >= 0.3 is 5.97 Å². The number of carboxylic acids is 1. The summed E-state index contributed by atoms with van der Waals surface area (Å²) >= 11 is 1.89. The summed E-state index contributed by atoms with van der Waals surface area (Å²) in [5, 5.41) is 9.00. The van der Waals surface area contributed by atoms with Crippen LogP contribution in [0, 0.1) is 9.39 Å². The van der Waals surface area contributed by atoms with E-state index in [0.29, 0.717) is 3.57 Å². The van der Waals surface area contributed by atoms with Gasteiger partial charge in [-0.3, -0.25) is 4.79 Å². The zero-order chi connectivity index (χ0) is 14.9. The van der Waals surface area contributed by atoms with Gasteiger partial charge in [-0.2, -0.15) is 0 Å². The topological polar surface area (TPSA) is 66.8 Å². The van der Waals surface area contributed by atoms with Gasteiger partial charge < -0.3 is 14.7 Å². The molecule has 0 aliphatic carbocycles. The molecule has 1 fully saturated rings. The highest BCUT2D eigenvalue weighted by molar-refractivity contribution is 14.1. The van der Waals surface area contributed by atoms with Gasteiger partial charge in [0.2, 0.25) is 0 Å². The average molecular weight is 393 g/mol. The van der Waals surface area contributed by atoms with Crippen LogP contribution in [0.15, 0.2) is 18.2 Å². The van der Waals surface area contributed by atoms with Crippen molar-refractivity contribution in [3.63, 3.8) is 0 Å². The third kappa shape index (κ3) is 3.09. The molecule has 1 heterocycles. The first-order valence-electron chi connectivity index (χ1n) is 6.01. The van der Waals surface area contributed by atoms with E-state index in [2.05, 4.69) is 0 Å². The Kier molecular flexibility index (Phi) is 4.59. The summed E-state index contributed by atoms with van der Waals surface area (Å²) in [4.78, 5) is 24.7. The second-order valence-electron chi connectivity index (χ2n) is 4.58. The summed E-state index contributed by atoms with van der Waals surface area (Å²) in [6.45, 7) is 1.84. The predicted octanol–water partition coefficient (Wildman–Crippen LogP) is 1.74. The number of morpholine rings is 1. The van der Waals surface area contributed by atoms with Crippen LogP contribution < -0.4 is 0 Å². The molecule has 0 bridgehead atoms. The Hall–Kier alpha value is -1.22. The molecule has 0 aromatic heterocycles. The maximum atomic E-state index is 13.8. The van der Waals surface area contributed by atoms with E-state index in [1.54, 1.807) is 13.0 Å². The first-order chi connectivity index (χ1) is 9.40. The molecular formula is C13H13FINO4. The second kappa shape index (κ2) is 6.04. The number of carbonyl (C=O) groups excluding carboxylic acids is 1. The number of halogens is 2. The van der Waals surface area contributed by atoms with E-state index in [4.69, 9.17) is 9.84 Å². The Balaban J connectivity index is 2.26. The van der Waals surface area contributed by atoms with Crippen molar-refractivity contribution in [3.8, 4) is 0 Å². The number of hydrogen-bond donors (Lipinski definition) is 1. The Morgan fingerprint density at radius 2 is 2.15 bits per heavy atom. The molecule has 2 rings (SSSR count). The van der Waals surface area contributed by atoms with Crippen LogP contribution in [0.3, 0.4) is 0 Å². The van der Waals surface area contributed by atoms with E-state index in [1.807, 2.05) is 22.6 Å². The Bertz CT molecular complexity index is 531. The molecule has 0 radical (unpaired) electrons. The van der Waals surface area contributed by atoms with E-state index in [1.165, 1.54) is 17.0 Å². The number of benzene rings is 1. The van der Waals surface area contributed by atoms with E-state index < -0.39 is 29.9 Å². The van der Waals surface area contributed by atoms with E-state index in [0.717, 1.165) is 0 Å².